The van der Waals surface area contributed by atoms with Gasteiger partial charge >= 0.3 is 5.97 Å². The molecule has 2 aromatic rings. The lowest BCUT2D eigenvalue weighted by molar-refractivity contribution is 0.0701. The van der Waals surface area contributed by atoms with Gasteiger partial charge in [0.25, 0.3) is 5.91 Å². The summed E-state index contributed by atoms with van der Waals surface area (Å²) in [5.74, 6) is -1.18. The monoisotopic (exact) mass is 304 g/mol. The van der Waals surface area contributed by atoms with Crippen molar-refractivity contribution in [3.8, 4) is 0 Å². The van der Waals surface area contributed by atoms with Gasteiger partial charge in [-0.25, -0.2) is 4.79 Å². The third kappa shape index (κ3) is 3.66. The number of hydrogen-bond donors (Lipinski definition) is 1. The van der Waals surface area contributed by atoms with E-state index in [9.17, 15) is 9.59 Å². The first-order valence-electron chi connectivity index (χ1n) is 6.56. The average Bonchev–Trinajstić information content (AvgIpc) is 2.94. The Hall–Kier alpha value is -2.21. The maximum Gasteiger partial charge on any atom is 0.345 e. The molecule has 2 heterocycles. The van der Waals surface area contributed by atoms with Crippen LogP contribution >= 0.6 is 11.3 Å². The van der Waals surface area contributed by atoms with E-state index >= 15 is 0 Å². The molecule has 0 aliphatic carbocycles. The normalized spacial score (nSPS) is 10.4. The summed E-state index contributed by atoms with van der Waals surface area (Å²) in [5.41, 5.74) is 1.72. The van der Waals surface area contributed by atoms with Gasteiger partial charge in [-0.15, -0.1) is 11.3 Å². The number of pyridine rings is 1. The van der Waals surface area contributed by atoms with Crippen LogP contribution in [-0.2, 0) is 6.54 Å². The van der Waals surface area contributed by atoms with E-state index in [2.05, 4.69) is 4.98 Å². The molecule has 0 aliphatic heterocycles. The van der Waals surface area contributed by atoms with E-state index in [0.717, 1.165) is 22.7 Å². The number of hydrogen-bond acceptors (Lipinski definition) is 4. The largest absolute Gasteiger partial charge is 0.477 e. The van der Waals surface area contributed by atoms with Crippen LogP contribution in [0.5, 0.6) is 0 Å². The van der Waals surface area contributed by atoms with E-state index in [1.165, 1.54) is 6.07 Å². The highest BCUT2D eigenvalue weighted by molar-refractivity contribution is 7.15. The van der Waals surface area contributed by atoms with Gasteiger partial charge in [0.2, 0.25) is 0 Å². The van der Waals surface area contributed by atoms with E-state index in [4.69, 9.17) is 5.11 Å². The second-order valence-corrected chi connectivity index (χ2v) is 5.64. The molecule has 21 heavy (non-hydrogen) atoms. The van der Waals surface area contributed by atoms with Gasteiger partial charge in [-0.3, -0.25) is 9.78 Å². The highest BCUT2D eigenvalue weighted by Crippen LogP contribution is 2.19. The Labute approximate surface area is 126 Å². The van der Waals surface area contributed by atoms with Gasteiger partial charge in [0.1, 0.15) is 4.88 Å². The van der Waals surface area contributed by atoms with E-state index in [1.54, 1.807) is 11.0 Å². The van der Waals surface area contributed by atoms with Crippen molar-refractivity contribution in [2.45, 2.75) is 20.4 Å². The minimum absolute atomic E-state index is 0.168. The molecule has 0 bridgehead atoms. The van der Waals surface area contributed by atoms with Crippen molar-refractivity contribution in [2.75, 3.05) is 6.54 Å². The first kappa shape index (κ1) is 15.2. The van der Waals surface area contributed by atoms with Crippen molar-refractivity contribution < 1.29 is 14.7 Å². The smallest absolute Gasteiger partial charge is 0.345 e. The Kier molecular flexibility index (Phi) is 4.70. The Balaban J connectivity index is 2.16. The molecule has 0 radical (unpaired) electrons. The first-order chi connectivity index (χ1) is 10.0. The maximum absolute atomic E-state index is 12.4. The van der Waals surface area contributed by atoms with Crippen molar-refractivity contribution >= 4 is 23.2 Å². The number of amides is 1. The van der Waals surface area contributed by atoms with E-state index < -0.39 is 5.97 Å². The van der Waals surface area contributed by atoms with Crippen LogP contribution in [0.15, 0.2) is 30.3 Å². The average molecular weight is 304 g/mol. The third-order valence-corrected chi connectivity index (χ3v) is 4.06. The van der Waals surface area contributed by atoms with Crippen LogP contribution in [0.2, 0.25) is 0 Å². The minimum Gasteiger partial charge on any atom is -0.477 e. The van der Waals surface area contributed by atoms with Gasteiger partial charge in [-0.1, -0.05) is 6.07 Å². The number of carbonyl (C=O) groups excluding carboxylic acids is 1. The first-order valence-corrected chi connectivity index (χ1v) is 7.38. The molecule has 1 amide bonds. The molecule has 110 valence electrons. The number of aromatic nitrogens is 1. The fourth-order valence-electron chi connectivity index (χ4n) is 1.93. The number of carbonyl (C=O) groups is 2. The van der Waals surface area contributed by atoms with Crippen molar-refractivity contribution in [1.29, 1.82) is 0 Å². The van der Waals surface area contributed by atoms with Crippen LogP contribution in [0.4, 0.5) is 0 Å². The second-order valence-electron chi connectivity index (χ2n) is 4.56. The van der Waals surface area contributed by atoms with Crippen LogP contribution in [0.3, 0.4) is 0 Å². The van der Waals surface area contributed by atoms with Crippen LogP contribution in [-0.4, -0.2) is 33.4 Å². The summed E-state index contributed by atoms with van der Waals surface area (Å²) in [6, 6.07) is 8.70. The molecule has 0 aromatic carbocycles. The topological polar surface area (TPSA) is 70.5 Å². The van der Waals surface area contributed by atoms with E-state index in [0.29, 0.717) is 18.0 Å². The van der Waals surface area contributed by atoms with Gasteiger partial charge in [-0.05, 0) is 38.1 Å². The van der Waals surface area contributed by atoms with E-state index in [-0.39, 0.29) is 10.8 Å². The number of nitrogens with zero attached hydrogens (tertiary/aromatic N) is 2. The number of thiophene rings is 1. The maximum atomic E-state index is 12.4. The molecule has 0 spiro atoms. The molecular weight excluding hydrogens is 288 g/mol. The molecule has 0 unspecified atom stereocenters. The molecule has 2 rings (SSSR count). The molecule has 5 nitrogen and oxygen atoms in total. The predicted molar refractivity (Wildman–Crippen MR) is 80.7 cm³/mol. The molecule has 0 saturated heterocycles. The van der Waals surface area contributed by atoms with Crippen LogP contribution in [0.25, 0.3) is 0 Å². The van der Waals surface area contributed by atoms with Gasteiger partial charge in [0.15, 0.2) is 0 Å². The molecular formula is C15H16N2O3S. The van der Waals surface area contributed by atoms with Crippen LogP contribution in [0, 0.1) is 6.92 Å². The van der Waals surface area contributed by atoms with Gasteiger partial charge in [0, 0.05) is 12.2 Å². The van der Waals surface area contributed by atoms with E-state index in [1.807, 2.05) is 32.0 Å². The quantitative estimate of drug-likeness (QED) is 0.922. The van der Waals surface area contributed by atoms with Gasteiger partial charge in [0.05, 0.1) is 17.1 Å². The minimum atomic E-state index is -1.01. The number of carboxylic acids is 1. The lowest BCUT2D eigenvalue weighted by atomic mass is 10.3. The van der Waals surface area contributed by atoms with Crippen LogP contribution in [0.1, 0.15) is 37.7 Å². The number of rotatable bonds is 5. The Morgan fingerprint density at radius 1 is 1.24 bits per heavy atom. The lowest BCUT2D eigenvalue weighted by Crippen LogP contribution is -2.30. The van der Waals surface area contributed by atoms with Crippen molar-refractivity contribution in [2.24, 2.45) is 0 Å². The standard InChI is InChI=1S/C15H16N2O3S/c1-3-17(9-11-6-4-5-10(2)16-11)14(18)12-7-8-13(21-12)15(19)20/h4-8H,3,9H2,1-2H3,(H,19,20). The second kappa shape index (κ2) is 6.49. The van der Waals surface area contributed by atoms with Crippen molar-refractivity contribution in [3.63, 3.8) is 0 Å². The zero-order valence-corrected chi connectivity index (χ0v) is 12.7. The fourth-order valence-corrected chi connectivity index (χ4v) is 2.75. The lowest BCUT2D eigenvalue weighted by Gasteiger charge is -2.19. The van der Waals surface area contributed by atoms with Gasteiger partial charge < -0.3 is 10.0 Å². The Bertz CT molecular complexity index is 666. The number of carboxylic acid groups (broad SMARTS) is 1. The fraction of sp³-hybridized carbons (Fsp3) is 0.267. The molecule has 1 N–H and O–H groups in total. The number of aromatic carboxylic acids is 1. The molecule has 0 saturated carbocycles. The number of aryl methyl sites for hydroxylation is 1. The summed E-state index contributed by atoms with van der Waals surface area (Å²) in [4.78, 5) is 29.9. The van der Waals surface area contributed by atoms with Crippen molar-refractivity contribution in [3.05, 3.63) is 51.5 Å². The van der Waals surface area contributed by atoms with Gasteiger partial charge in [-0.2, -0.15) is 0 Å². The summed E-state index contributed by atoms with van der Waals surface area (Å²) in [5, 5.41) is 8.92. The zero-order chi connectivity index (χ0) is 15.4. The predicted octanol–water partition coefficient (Wildman–Crippen LogP) is 2.81. The zero-order valence-electron chi connectivity index (χ0n) is 11.9. The highest BCUT2D eigenvalue weighted by atomic mass is 32.1. The Morgan fingerprint density at radius 2 is 1.95 bits per heavy atom. The SMILES string of the molecule is CCN(Cc1cccc(C)n1)C(=O)c1ccc(C(=O)O)s1. The molecule has 2 aromatic heterocycles. The Morgan fingerprint density at radius 3 is 2.52 bits per heavy atom. The summed E-state index contributed by atoms with van der Waals surface area (Å²) in [7, 11) is 0. The van der Waals surface area contributed by atoms with Crippen LogP contribution < -0.4 is 0 Å². The third-order valence-electron chi connectivity index (χ3n) is 3.00. The summed E-state index contributed by atoms with van der Waals surface area (Å²) >= 11 is 0.995. The molecule has 6 heteroatoms. The summed E-state index contributed by atoms with van der Waals surface area (Å²) < 4.78 is 0. The molecule has 0 aliphatic rings. The summed E-state index contributed by atoms with van der Waals surface area (Å²) in [6.45, 7) is 4.74. The highest BCUT2D eigenvalue weighted by Gasteiger charge is 2.18. The van der Waals surface area contributed by atoms with Crippen molar-refractivity contribution in [1.82, 2.24) is 9.88 Å². The summed E-state index contributed by atoms with van der Waals surface area (Å²) in [6.07, 6.45) is 0. The molecule has 0 atom stereocenters. The molecule has 0 fully saturated rings.